The Morgan fingerprint density at radius 3 is 0.800 bits per heavy atom. The molecule has 0 spiro atoms. The molecular weight excluding hydrogens is 103 g/mol. The van der Waals surface area contributed by atoms with Crippen molar-refractivity contribution in [1.29, 1.82) is 0 Å². The van der Waals surface area contributed by atoms with E-state index in [0.717, 1.165) is 17.4 Å². The third-order valence-corrected chi connectivity index (χ3v) is 0. The Hall–Kier alpha value is 0.384. The van der Waals surface area contributed by atoms with Crippen LogP contribution in [0.4, 0.5) is 0 Å². The second-order valence-corrected chi connectivity index (χ2v) is 0. The molecule has 0 heterocycles. The van der Waals surface area contributed by atoms with Crippen molar-refractivity contribution in [2.75, 3.05) is 0 Å². The molecule has 0 unspecified atom stereocenters. The standard InChI is InChI=1S/3CH3.O.V/h3*1H3;;/q3*-1;;. The third-order valence-electron chi connectivity index (χ3n) is 0. The molecule has 35 valence electrons. The van der Waals surface area contributed by atoms with Gasteiger partial charge in [-0.3, -0.25) is 0 Å². The van der Waals surface area contributed by atoms with E-state index in [-0.39, 0.29) is 22.3 Å². The van der Waals surface area contributed by atoms with Crippen molar-refractivity contribution in [1.82, 2.24) is 0 Å². The van der Waals surface area contributed by atoms with Crippen molar-refractivity contribution in [2.24, 2.45) is 0 Å². The van der Waals surface area contributed by atoms with Crippen molar-refractivity contribution in [3.05, 3.63) is 22.3 Å². The Morgan fingerprint density at radius 1 is 0.800 bits per heavy atom. The van der Waals surface area contributed by atoms with Crippen LogP contribution < -0.4 is 0 Å². The van der Waals surface area contributed by atoms with E-state index in [1.165, 1.54) is 0 Å². The summed E-state index contributed by atoms with van der Waals surface area (Å²) in [5.74, 6) is 0. The Balaban J connectivity index is -0.00000000167. The van der Waals surface area contributed by atoms with E-state index in [1.54, 1.807) is 0 Å². The van der Waals surface area contributed by atoms with Gasteiger partial charge in [0.15, 0.2) is 0 Å². The van der Waals surface area contributed by atoms with Gasteiger partial charge in [-0.05, 0) is 0 Å². The molecule has 0 aliphatic rings. The predicted octanol–water partition coefficient (Wildman–Crippen LogP) is 1.23. The molecule has 0 fully saturated rings. The van der Waals surface area contributed by atoms with Crippen LogP contribution in [0.5, 0.6) is 0 Å². The molecule has 0 aromatic rings. The van der Waals surface area contributed by atoms with E-state index in [4.69, 9.17) is 3.67 Å². The van der Waals surface area contributed by atoms with Crippen molar-refractivity contribution in [3.8, 4) is 0 Å². The van der Waals surface area contributed by atoms with Crippen LogP contribution >= 0.6 is 0 Å². The first-order valence-corrected chi connectivity index (χ1v) is 0.753. The van der Waals surface area contributed by atoms with Crippen molar-refractivity contribution in [2.45, 2.75) is 0 Å². The van der Waals surface area contributed by atoms with Gasteiger partial charge in [0, 0.05) is 0 Å². The third kappa shape index (κ3) is 169. The Morgan fingerprint density at radius 2 is 0.800 bits per heavy atom. The Labute approximate surface area is 44.0 Å². The quantitative estimate of drug-likeness (QED) is 0.430. The van der Waals surface area contributed by atoms with Gasteiger partial charge in [-0.2, -0.15) is 0 Å². The molecule has 0 radical (unpaired) electrons. The fourth-order valence-corrected chi connectivity index (χ4v) is 0. The van der Waals surface area contributed by atoms with E-state index >= 15 is 0 Å². The molecule has 0 N–H and O–H groups in total. The number of hydrogen-bond donors (Lipinski definition) is 0. The average molecular weight is 112 g/mol. The second-order valence-electron chi connectivity index (χ2n) is 0. The molecular formula is C3H9OV-3. The van der Waals surface area contributed by atoms with Gasteiger partial charge in [-0.15, -0.1) is 0 Å². The summed E-state index contributed by atoms with van der Waals surface area (Å²) in [6, 6.07) is 0. The van der Waals surface area contributed by atoms with Crippen molar-refractivity contribution >= 4 is 0 Å². The van der Waals surface area contributed by atoms with Crippen LogP contribution in [-0.4, -0.2) is 0 Å². The van der Waals surface area contributed by atoms with Crippen LogP contribution in [-0.2, 0) is 21.0 Å². The maximum atomic E-state index is 8.19. The van der Waals surface area contributed by atoms with Crippen LogP contribution in [0.3, 0.4) is 0 Å². The van der Waals surface area contributed by atoms with Gasteiger partial charge in [-0.1, -0.05) is 0 Å². The molecule has 0 atom stereocenters. The van der Waals surface area contributed by atoms with Gasteiger partial charge >= 0.3 is 21.0 Å². The zero-order chi connectivity index (χ0) is 2.00. The SMILES string of the molecule is [CH3-].[CH3-].[CH3-].[O]=[V]. The van der Waals surface area contributed by atoms with E-state index in [9.17, 15) is 0 Å². The molecule has 1 nitrogen and oxygen atoms in total. The molecule has 2 heteroatoms. The van der Waals surface area contributed by atoms with Gasteiger partial charge in [0.25, 0.3) is 0 Å². The fourth-order valence-electron chi connectivity index (χ4n) is 0. The number of hydrogen-bond acceptors (Lipinski definition) is 1. The summed E-state index contributed by atoms with van der Waals surface area (Å²) in [6.45, 7) is 0. The van der Waals surface area contributed by atoms with Crippen LogP contribution in [0.1, 0.15) is 0 Å². The maximum absolute atomic E-state index is 8.19. The van der Waals surface area contributed by atoms with Gasteiger partial charge in [0.05, 0.1) is 0 Å². The van der Waals surface area contributed by atoms with Crippen molar-refractivity contribution < 1.29 is 21.0 Å². The van der Waals surface area contributed by atoms with E-state index in [0.29, 0.717) is 0 Å². The molecule has 0 rings (SSSR count). The van der Waals surface area contributed by atoms with Gasteiger partial charge in [-0.25, -0.2) is 0 Å². The van der Waals surface area contributed by atoms with Crippen LogP contribution in [0.25, 0.3) is 0 Å². The summed E-state index contributed by atoms with van der Waals surface area (Å²) in [6.07, 6.45) is 0. The molecule has 0 bridgehead atoms. The summed E-state index contributed by atoms with van der Waals surface area (Å²) in [7, 11) is 0. The predicted molar refractivity (Wildman–Crippen MR) is 19.9 cm³/mol. The number of rotatable bonds is 0. The Kier molecular flexibility index (Phi) is 3670. The van der Waals surface area contributed by atoms with Crippen LogP contribution in [0.15, 0.2) is 0 Å². The summed E-state index contributed by atoms with van der Waals surface area (Å²) in [4.78, 5) is 0. The molecule has 0 aliphatic carbocycles. The van der Waals surface area contributed by atoms with Crippen LogP contribution in [0, 0.1) is 22.3 Å². The fraction of sp³-hybridized carbons (Fsp3) is 0. The zero-order valence-corrected chi connectivity index (χ0v) is 5.25. The summed E-state index contributed by atoms with van der Waals surface area (Å²) < 4.78 is 8.19. The minimum absolute atomic E-state index is 0. The van der Waals surface area contributed by atoms with E-state index < -0.39 is 0 Å². The van der Waals surface area contributed by atoms with E-state index in [1.807, 2.05) is 0 Å². The molecule has 5 heavy (non-hydrogen) atoms. The zero-order valence-electron chi connectivity index (χ0n) is 3.86. The second kappa shape index (κ2) is 340. The van der Waals surface area contributed by atoms with Gasteiger partial charge in [0.1, 0.15) is 0 Å². The monoisotopic (exact) mass is 112 g/mol. The molecule has 0 aromatic heterocycles. The Bertz CT molecular complexity index is 6.85. The molecule has 0 saturated heterocycles. The molecule has 0 saturated carbocycles. The minimum atomic E-state index is 0. The molecule has 0 aliphatic heterocycles. The first-order valence-electron chi connectivity index (χ1n) is 0.183. The van der Waals surface area contributed by atoms with Crippen LogP contribution in [0.2, 0.25) is 0 Å². The first-order chi connectivity index (χ1) is 1.00. The average Bonchev–Trinajstić information content (AvgIpc) is 1.00. The first kappa shape index (κ1) is 54.0. The molecule has 0 aromatic carbocycles. The van der Waals surface area contributed by atoms with Crippen molar-refractivity contribution in [3.63, 3.8) is 0 Å². The normalized spacial score (nSPS) is 0.600. The summed E-state index contributed by atoms with van der Waals surface area (Å²) >= 11 is 1.06. The van der Waals surface area contributed by atoms with E-state index in [2.05, 4.69) is 0 Å². The topological polar surface area (TPSA) is 17.1 Å². The summed E-state index contributed by atoms with van der Waals surface area (Å²) in [5, 5.41) is 0. The van der Waals surface area contributed by atoms with Gasteiger partial charge in [0.2, 0.25) is 0 Å². The van der Waals surface area contributed by atoms with Gasteiger partial charge < -0.3 is 22.3 Å². The molecule has 0 amide bonds. The summed E-state index contributed by atoms with van der Waals surface area (Å²) in [5.41, 5.74) is 0.